The number of nitrogens with zero attached hydrogens (tertiary/aromatic N) is 2. The first-order valence-corrected chi connectivity index (χ1v) is 8.20. The van der Waals surface area contributed by atoms with Gasteiger partial charge in [-0.2, -0.15) is 0 Å². The predicted octanol–water partition coefficient (Wildman–Crippen LogP) is 1.40. The number of carbonyl (C=O) groups excluding carboxylic acids is 1. The number of urea groups is 1. The number of amides is 2. The largest absolute Gasteiger partial charge is 0.394 e. The molecule has 1 unspecified atom stereocenters. The number of benzene rings is 1. The molecular weight excluding hydrogens is 292 g/mol. The van der Waals surface area contributed by atoms with Gasteiger partial charge in [-0.05, 0) is 44.0 Å². The third-order valence-electron chi connectivity index (χ3n) is 4.21. The quantitative estimate of drug-likeness (QED) is 0.767. The topological polar surface area (TPSA) is 67.8 Å². The lowest BCUT2D eigenvalue weighted by atomic mass is 10.0. The maximum Gasteiger partial charge on any atom is 0.315 e. The van der Waals surface area contributed by atoms with Crippen molar-refractivity contribution in [2.75, 3.05) is 43.6 Å². The second-order valence-electron chi connectivity index (χ2n) is 6.37. The van der Waals surface area contributed by atoms with Gasteiger partial charge in [-0.25, -0.2) is 4.79 Å². The number of piperidine rings is 1. The zero-order chi connectivity index (χ0) is 16.8. The first kappa shape index (κ1) is 17.4. The van der Waals surface area contributed by atoms with Crippen LogP contribution in [0.2, 0.25) is 0 Å². The number of carbonyl (C=O) groups is 1. The number of anilines is 2. The molecule has 2 rings (SSSR count). The summed E-state index contributed by atoms with van der Waals surface area (Å²) >= 11 is 0. The molecular formula is C17H28N4O2. The maximum absolute atomic E-state index is 11.8. The van der Waals surface area contributed by atoms with E-state index in [-0.39, 0.29) is 24.7 Å². The van der Waals surface area contributed by atoms with Crippen LogP contribution in [0.1, 0.15) is 19.8 Å². The molecule has 0 spiro atoms. The van der Waals surface area contributed by atoms with Gasteiger partial charge in [0.2, 0.25) is 0 Å². The Hall–Kier alpha value is -1.95. The van der Waals surface area contributed by atoms with Gasteiger partial charge < -0.3 is 25.5 Å². The lowest BCUT2D eigenvalue weighted by Gasteiger charge is -2.34. The van der Waals surface area contributed by atoms with Crippen LogP contribution < -0.4 is 20.4 Å². The third-order valence-corrected chi connectivity index (χ3v) is 4.21. The van der Waals surface area contributed by atoms with E-state index in [1.54, 1.807) is 6.92 Å². The summed E-state index contributed by atoms with van der Waals surface area (Å²) in [6, 6.07) is 8.34. The Bertz CT molecular complexity index is 496. The highest BCUT2D eigenvalue weighted by Gasteiger charge is 2.21. The molecule has 1 aliphatic rings. The molecule has 0 aliphatic carbocycles. The molecule has 2 amide bonds. The van der Waals surface area contributed by atoms with E-state index in [1.807, 2.05) is 14.1 Å². The second-order valence-corrected chi connectivity index (χ2v) is 6.37. The lowest BCUT2D eigenvalue weighted by Crippen LogP contribution is -2.50. The van der Waals surface area contributed by atoms with E-state index in [0.717, 1.165) is 25.9 Å². The highest BCUT2D eigenvalue weighted by molar-refractivity contribution is 5.74. The molecule has 6 heteroatoms. The number of nitrogens with one attached hydrogen (secondary N) is 2. The van der Waals surface area contributed by atoms with Crippen LogP contribution in [0.5, 0.6) is 0 Å². The van der Waals surface area contributed by atoms with Crippen molar-refractivity contribution in [3.63, 3.8) is 0 Å². The van der Waals surface area contributed by atoms with E-state index in [0.29, 0.717) is 0 Å². The first-order valence-electron chi connectivity index (χ1n) is 8.20. The van der Waals surface area contributed by atoms with Crippen molar-refractivity contribution in [2.24, 2.45) is 0 Å². The fourth-order valence-corrected chi connectivity index (χ4v) is 2.74. The van der Waals surface area contributed by atoms with Crippen LogP contribution >= 0.6 is 0 Å². The normalized spacial score (nSPS) is 16.8. The Morgan fingerprint density at radius 2 is 1.91 bits per heavy atom. The van der Waals surface area contributed by atoms with Crippen molar-refractivity contribution in [1.82, 2.24) is 10.6 Å². The summed E-state index contributed by atoms with van der Waals surface area (Å²) in [6.45, 7) is 3.60. The molecule has 0 radical (unpaired) electrons. The minimum absolute atomic E-state index is 0.0468. The fourth-order valence-electron chi connectivity index (χ4n) is 2.74. The number of hydrogen-bond donors (Lipinski definition) is 3. The fraction of sp³-hybridized carbons (Fsp3) is 0.588. The minimum atomic E-state index is -0.217. The van der Waals surface area contributed by atoms with Crippen LogP contribution in [0.4, 0.5) is 16.2 Å². The highest BCUT2D eigenvalue weighted by atomic mass is 16.3. The predicted molar refractivity (Wildman–Crippen MR) is 94.2 cm³/mol. The molecule has 1 aliphatic heterocycles. The molecule has 1 fully saturated rings. The first-order chi connectivity index (χ1) is 11.0. The molecule has 0 aromatic heterocycles. The molecule has 1 saturated heterocycles. The molecule has 1 aromatic rings. The number of aliphatic hydroxyl groups excluding tert-OH is 1. The maximum atomic E-state index is 11.8. The third kappa shape index (κ3) is 5.03. The zero-order valence-electron chi connectivity index (χ0n) is 14.2. The van der Waals surface area contributed by atoms with Crippen molar-refractivity contribution in [1.29, 1.82) is 0 Å². The average molecular weight is 320 g/mol. The zero-order valence-corrected chi connectivity index (χ0v) is 14.2. The van der Waals surface area contributed by atoms with Crippen LogP contribution in [0.25, 0.3) is 0 Å². The molecule has 1 heterocycles. The molecule has 1 aromatic carbocycles. The van der Waals surface area contributed by atoms with E-state index < -0.39 is 0 Å². The molecule has 6 nitrogen and oxygen atoms in total. The Morgan fingerprint density at radius 1 is 1.30 bits per heavy atom. The molecule has 0 bridgehead atoms. The lowest BCUT2D eigenvalue weighted by molar-refractivity contribution is 0.215. The van der Waals surface area contributed by atoms with Crippen LogP contribution in [0.15, 0.2) is 24.3 Å². The number of aliphatic hydroxyl groups is 1. The summed E-state index contributed by atoms with van der Waals surface area (Å²) < 4.78 is 0. The van der Waals surface area contributed by atoms with Crippen molar-refractivity contribution < 1.29 is 9.90 Å². The molecule has 0 saturated carbocycles. The van der Waals surface area contributed by atoms with Gasteiger partial charge in [-0.15, -0.1) is 0 Å². The smallest absolute Gasteiger partial charge is 0.315 e. The Morgan fingerprint density at radius 3 is 2.43 bits per heavy atom. The summed E-state index contributed by atoms with van der Waals surface area (Å²) in [5.74, 6) is 0. The van der Waals surface area contributed by atoms with Gasteiger partial charge in [0.15, 0.2) is 0 Å². The Balaban J connectivity index is 1.80. The van der Waals surface area contributed by atoms with Gasteiger partial charge in [0.25, 0.3) is 0 Å². The van der Waals surface area contributed by atoms with E-state index in [4.69, 9.17) is 5.11 Å². The van der Waals surface area contributed by atoms with Crippen molar-refractivity contribution >= 4 is 17.4 Å². The van der Waals surface area contributed by atoms with Crippen LogP contribution in [0.3, 0.4) is 0 Å². The molecule has 23 heavy (non-hydrogen) atoms. The van der Waals surface area contributed by atoms with Crippen LogP contribution in [-0.2, 0) is 0 Å². The van der Waals surface area contributed by atoms with Gasteiger partial charge in [0.1, 0.15) is 0 Å². The van der Waals surface area contributed by atoms with Gasteiger partial charge >= 0.3 is 6.03 Å². The Labute approximate surface area is 138 Å². The molecule has 3 N–H and O–H groups in total. The monoisotopic (exact) mass is 320 g/mol. The van der Waals surface area contributed by atoms with E-state index >= 15 is 0 Å². The minimum Gasteiger partial charge on any atom is -0.394 e. The van der Waals surface area contributed by atoms with Gasteiger partial charge in [0, 0.05) is 44.6 Å². The van der Waals surface area contributed by atoms with E-state index in [2.05, 4.69) is 44.7 Å². The van der Waals surface area contributed by atoms with Gasteiger partial charge in [-0.1, -0.05) is 0 Å². The number of hydrogen-bond acceptors (Lipinski definition) is 4. The highest BCUT2D eigenvalue weighted by Crippen LogP contribution is 2.22. The van der Waals surface area contributed by atoms with Crippen molar-refractivity contribution in [3.05, 3.63) is 24.3 Å². The van der Waals surface area contributed by atoms with Gasteiger partial charge in [-0.3, -0.25) is 0 Å². The summed E-state index contributed by atoms with van der Waals surface area (Å²) in [4.78, 5) is 16.2. The van der Waals surface area contributed by atoms with Crippen molar-refractivity contribution in [3.8, 4) is 0 Å². The summed E-state index contributed by atoms with van der Waals surface area (Å²) in [5.41, 5.74) is 2.42. The number of rotatable bonds is 5. The standard InChI is InChI=1S/C17H28N4O2/c1-13(12-22)18-17(23)19-14-8-10-21(11-9-14)16-6-4-15(5-7-16)20(2)3/h4-7,13-14,22H,8-12H2,1-3H3,(H2,18,19,23). The summed E-state index contributed by atoms with van der Waals surface area (Å²) in [7, 11) is 4.07. The SMILES string of the molecule is CC(CO)NC(=O)NC1CCN(c2ccc(N(C)C)cc2)CC1. The van der Waals surface area contributed by atoms with Crippen molar-refractivity contribution in [2.45, 2.75) is 31.8 Å². The average Bonchev–Trinajstić information content (AvgIpc) is 2.55. The van der Waals surface area contributed by atoms with Crippen LogP contribution in [0, 0.1) is 0 Å². The summed E-state index contributed by atoms with van der Waals surface area (Å²) in [5, 5.41) is 14.7. The van der Waals surface area contributed by atoms with E-state index in [9.17, 15) is 4.79 Å². The molecule has 128 valence electrons. The molecule has 1 atom stereocenters. The van der Waals surface area contributed by atoms with Crippen LogP contribution in [-0.4, -0.2) is 57.0 Å². The summed E-state index contributed by atoms with van der Waals surface area (Å²) in [6.07, 6.45) is 1.85. The van der Waals surface area contributed by atoms with E-state index in [1.165, 1.54) is 11.4 Å². The second kappa shape index (κ2) is 8.06. The Kier molecular flexibility index (Phi) is 6.10. The van der Waals surface area contributed by atoms with Gasteiger partial charge in [0.05, 0.1) is 12.6 Å².